The molecule has 1 aromatic heterocycles. The number of hydrogen-bond donors (Lipinski definition) is 0. The molecular weight excluding hydrogens is 276 g/mol. The van der Waals surface area contributed by atoms with E-state index in [0.717, 1.165) is 43.7 Å². The first kappa shape index (κ1) is 13.3. The highest BCUT2D eigenvalue weighted by Gasteiger charge is 2.34. The van der Waals surface area contributed by atoms with Crippen molar-refractivity contribution >= 4 is 12.0 Å². The molecule has 2 bridgehead atoms. The number of carbonyl (C=O) groups excluding carboxylic acids is 1. The first-order chi connectivity index (χ1) is 10.7. The van der Waals surface area contributed by atoms with Crippen LogP contribution in [0.1, 0.15) is 28.4 Å². The summed E-state index contributed by atoms with van der Waals surface area (Å²) < 4.78 is 1.95. The minimum absolute atomic E-state index is 0.121. The maximum atomic E-state index is 12.0. The number of rotatable bonds is 2. The number of piperidine rings is 1. The quantitative estimate of drug-likeness (QED) is 0.798. The molecule has 2 atom stereocenters. The number of anilines is 1. The third-order valence-corrected chi connectivity index (χ3v) is 4.87. The maximum absolute atomic E-state index is 12.0. The van der Waals surface area contributed by atoms with Crippen LogP contribution >= 0.6 is 0 Å². The molecule has 0 unspecified atom stereocenters. The van der Waals surface area contributed by atoms with Crippen LogP contribution in [0.25, 0.3) is 0 Å². The summed E-state index contributed by atoms with van der Waals surface area (Å²) in [4.78, 5) is 25.2. The van der Waals surface area contributed by atoms with Crippen LogP contribution in [0.2, 0.25) is 0 Å². The lowest BCUT2D eigenvalue weighted by molar-refractivity contribution is 0.112. The molecule has 112 valence electrons. The van der Waals surface area contributed by atoms with Crippen LogP contribution < -0.4 is 10.5 Å². The van der Waals surface area contributed by atoms with Crippen molar-refractivity contribution in [2.24, 2.45) is 5.92 Å². The van der Waals surface area contributed by atoms with Gasteiger partial charge >= 0.3 is 0 Å². The lowest BCUT2D eigenvalue weighted by atomic mass is 9.83. The molecule has 0 amide bonds. The number of hydrogen-bond acceptors (Lipinski definition) is 3. The summed E-state index contributed by atoms with van der Waals surface area (Å²) in [6.07, 6.45) is 2.03. The van der Waals surface area contributed by atoms with Gasteiger partial charge in [-0.1, -0.05) is 6.07 Å². The fourth-order valence-electron chi connectivity index (χ4n) is 3.87. The van der Waals surface area contributed by atoms with E-state index in [2.05, 4.69) is 11.0 Å². The summed E-state index contributed by atoms with van der Waals surface area (Å²) in [5.41, 5.74) is 3.15. The first-order valence-electron chi connectivity index (χ1n) is 7.74. The second-order valence-electron chi connectivity index (χ2n) is 6.31. The van der Waals surface area contributed by atoms with E-state index in [9.17, 15) is 9.59 Å². The molecule has 22 heavy (non-hydrogen) atoms. The van der Waals surface area contributed by atoms with E-state index in [4.69, 9.17) is 0 Å². The topological polar surface area (TPSA) is 42.3 Å². The van der Waals surface area contributed by atoms with Crippen molar-refractivity contribution in [2.75, 3.05) is 18.0 Å². The van der Waals surface area contributed by atoms with Gasteiger partial charge in [-0.3, -0.25) is 9.59 Å². The Labute approximate surface area is 129 Å². The Balaban J connectivity index is 1.65. The minimum Gasteiger partial charge on any atom is -0.371 e. The van der Waals surface area contributed by atoms with Gasteiger partial charge in [-0.05, 0) is 42.7 Å². The predicted octanol–water partition coefficient (Wildman–Crippen LogP) is 2.28. The lowest BCUT2D eigenvalue weighted by Crippen LogP contribution is -2.47. The van der Waals surface area contributed by atoms with Gasteiger partial charge in [0.25, 0.3) is 5.56 Å². The van der Waals surface area contributed by atoms with Crippen LogP contribution in [-0.4, -0.2) is 23.9 Å². The van der Waals surface area contributed by atoms with Gasteiger partial charge in [0.2, 0.25) is 0 Å². The standard InChI is InChI=1S/C18H18N2O2/c21-12-13-4-6-16(7-5-13)19-9-14-8-15(11-19)17-2-1-3-18(22)20(17)10-14/h1-7,12,14-15H,8-11H2/t14-,15+/m0/s1. The van der Waals surface area contributed by atoms with Gasteiger partial charge in [-0.2, -0.15) is 0 Å². The maximum Gasteiger partial charge on any atom is 0.250 e. The predicted molar refractivity (Wildman–Crippen MR) is 85.6 cm³/mol. The Hall–Kier alpha value is -2.36. The molecule has 3 heterocycles. The Bertz CT molecular complexity index is 763. The van der Waals surface area contributed by atoms with E-state index in [-0.39, 0.29) is 5.56 Å². The molecule has 2 aromatic rings. The van der Waals surface area contributed by atoms with Gasteiger partial charge in [0.15, 0.2) is 0 Å². The van der Waals surface area contributed by atoms with E-state index in [1.54, 1.807) is 6.07 Å². The summed E-state index contributed by atoms with van der Waals surface area (Å²) in [6, 6.07) is 13.4. The summed E-state index contributed by atoms with van der Waals surface area (Å²) in [6.45, 7) is 2.71. The molecule has 4 heteroatoms. The molecular formula is C18H18N2O2. The van der Waals surface area contributed by atoms with Crippen molar-refractivity contribution < 1.29 is 4.79 Å². The number of benzene rings is 1. The van der Waals surface area contributed by atoms with Crippen LogP contribution in [0.15, 0.2) is 47.3 Å². The highest BCUT2D eigenvalue weighted by Crippen LogP contribution is 2.36. The Morgan fingerprint density at radius 3 is 2.59 bits per heavy atom. The van der Waals surface area contributed by atoms with Gasteiger partial charge in [-0.15, -0.1) is 0 Å². The van der Waals surface area contributed by atoms with Crippen LogP contribution in [-0.2, 0) is 6.54 Å². The molecule has 0 saturated carbocycles. The van der Waals surface area contributed by atoms with E-state index in [1.165, 1.54) is 0 Å². The zero-order valence-electron chi connectivity index (χ0n) is 12.3. The second kappa shape index (κ2) is 5.13. The SMILES string of the molecule is O=Cc1ccc(N2C[C@@H]3C[C@H](C2)c2cccc(=O)n2C3)cc1. The molecule has 4 rings (SSSR count). The minimum atomic E-state index is 0.121. The normalized spacial score (nSPS) is 23.0. The van der Waals surface area contributed by atoms with Gasteiger partial charge in [0.05, 0.1) is 0 Å². The van der Waals surface area contributed by atoms with Crippen LogP contribution in [0, 0.1) is 5.92 Å². The zero-order chi connectivity index (χ0) is 15.1. The number of nitrogens with zero attached hydrogens (tertiary/aromatic N) is 2. The lowest BCUT2D eigenvalue weighted by Gasteiger charge is -2.43. The highest BCUT2D eigenvalue weighted by molar-refractivity contribution is 5.75. The molecule has 0 spiro atoms. The average molecular weight is 294 g/mol. The molecule has 2 aliphatic rings. The number of aromatic nitrogens is 1. The number of carbonyl (C=O) groups is 1. The molecule has 0 N–H and O–H groups in total. The van der Waals surface area contributed by atoms with Crippen molar-refractivity contribution in [1.29, 1.82) is 0 Å². The van der Waals surface area contributed by atoms with Gasteiger partial charge in [0, 0.05) is 48.6 Å². The van der Waals surface area contributed by atoms with E-state index >= 15 is 0 Å². The molecule has 4 nitrogen and oxygen atoms in total. The van der Waals surface area contributed by atoms with E-state index in [1.807, 2.05) is 34.9 Å². The summed E-state index contributed by atoms with van der Waals surface area (Å²) in [5, 5.41) is 0. The fraction of sp³-hybridized carbons (Fsp3) is 0.333. The van der Waals surface area contributed by atoms with E-state index < -0.39 is 0 Å². The first-order valence-corrected chi connectivity index (χ1v) is 7.74. The molecule has 0 aliphatic carbocycles. The van der Waals surface area contributed by atoms with Crippen molar-refractivity contribution in [3.05, 3.63) is 64.1 Å². The van der Waals surface area contributed by atoms with Crippen molar-refractivity contribution in [3.8, 4) is 0 Å². The Kier molecular flexibility index (Phi) is 3.10. The van der Waals surface area contributed by atoms with Crippen molar-refractivity contribution in [3.63, 3.8) is 0 Å². The number of aldehydes is 1. The third-order valence-electron chi connectivity index (χ3n) is 4.87. The molecule has 2 aliphatic heterocycles. The smallest absolute Gasteiger partial charge is 0.250 e. The largest absolute Gasteiger partial charge is 0.371 e. The number of fused-ring (bicyclic) bond motifs is 4. The molecule has 1 saturated heterocycles. The van der Waals surface area contributed by atoms with Gasteiger partial charge in [0.1, 0.15) is 6.29 Å². The summed E-state index contributed by atoms with van der Waals surface area (Å²) in [7, 11) is 0. The third kappa shape index (κ3) is 2.15. The second-order valence-corrected chi connectivity index (χ2v) is 6.31. The Morgan fingerprint density at radius 1 is 1.00 bits per heavy atom. The van der Waals surface area contributed by atoms with Crippen molar-refractivity contribution in [2.45, 2.75) is 18.9 Å². The monoisotopic (exact) mass is 294 g/mol. The van der Waals surface area contributed by atoms with Crippen LogP contribution in [0.3, 0.4) is 0 Å². The summed E-state index contributed by atoms with van der Waals surface area (Å²) >= 11 is 0. The average Bonchev–Trinajstić information content (AvgIpc) is 2.56. The summed E-state index contributed by atoms with van der Waals surface area (Å²) in [5.74, 6) is 0.921. The van der Waals surface area contributed by atoms with E-state index in [0.29, 0.717) is 17.4 Å². The Morgan fingerprint density at radius 2 is 1.82 bits per heavy atom. The van der Waals surface area contributed by atoms with Crippen LogP contribution in [0.5, 0.6) is 0 Å². The number of pyridine rings is 1. The van der Waals surface area contributed by atoms with Gasteiger partial charge in [-0.25, -0.2) is 0 Å². The zero-order valence-corrected chi connectivity index (χ0v) is 12.3. The van der Waals surface area contributed by atoms with Gasteiger partial charge < -0.3 is 9.47 Å². The fourth-order valence-corrected chi connectivity index (χ4v) is 3.87. The van der Waals surface area contributed by atoms with Crippen LogP contribution in [0.4, 0.5) is 5.69 Å². The molecule has 1 aromatic carbocycles. The van der Waals surface area contributed by atoms with Crippen molar-refractivity contribution in [1.82, 2.24) is 4.57 Å². The molecule has 0 radical (unpaired) electrons. The highest BCUT2D eigenvalue weighted by atomic mass is 16.1. The molecule has 1 fully saturated rings.